The third-order valence-electron chi connectivity index (χ3n) is 3.45. The second kappa shape index (κ2) is 7.02. The predicted molar refractivity (Wildman–Crippen MR) is 78.3 cm³/mol. The lowest BCUT2D eigenvalue weighted by molar-refractivity contribution is 0.246. The van der Waals surface area contributed by atoms with Gasteiger partial charge in [0.1, 0.15) is 10.7 Å². The van der Waals surface area contributed by atoms with Gasteiger partial charge in [-0.25, -0.2) is 12.8 Å². The molecule has 1 aliphatic heterocycles. The average molecular weight is 337 g/mol. The van der Waals surface area contributed by atoms with Crippen molar-refractivity contribution >= 4 is 21.6 Å². The summed E-state index contributed by atoms with van der Waals surface area (Å²) in [6, 6.07) is 3.24. The highest BCUT2D eigenvalue weighted by Crippen LogP contribution is 2.26. The molecule has 2 N–H and O–H groups in total. The molecule has 1 atom stereocenters. The van der Waals surface area contributed by atoms with Gasteiger partial charge < -0.3 is 10.4 Å². The van der Waals surface area contributed by atoms with Crippen LogP contribution in [0.5, 0.6) is 0 Å². The van der Waals surface area contributed by atoms with E-state index in [0.717, 1.165) is 37.6 Å². The van der Waals surface area contributed by atoms with Gasteiger partial charge in [-0.05, 0) is 37.6 Å². The fourth-order valence-electron chi connectivity index (χ4n) is 2.40. The van der Waals surface area contributed by atoms with Gasteiger partial charge in [0.25, 0.3) is 0 Å². The largest absolute Gasteiger partial charge is 0.395 e. The molecule has 0 amide bonds. The summed E-state index contributed by atoms with van der Waals surface area (Å²) in [5.74, 6) is -0.592. The van der Waals surface area contributed by atoms with Crippen LogP contribution in [0.25, 0.3) is 0 Å². The molecule has 0 aromatic heterocycles. The Labute approximate surface area is 128 Å². The molecule has 1 unspecified atom stereocenters. The molecule has 0 saturated carbocycles. The lowest BCUT2D eigenvalue weighted by Gasteiger charge is -2.25. The quantitative estimate of drug-likeness (QED) is 0.819. The van der Waals surface area contributed by atoms with Gasteiger partial charge in [0, 0.05) is 19.1 Å². The topological polar surface area (TPSA) is 69.6 Å². The van der Waals surface area contributed by atoms with Crippen molar-refractivity contribution in [3.63, 3.8) is 0 Å². The number of hydrogen-bond donors (Lipinski definition) is 2. The summed E-state index contributed by atoms with van der Waals surface area (Å²) < 4.78 is 39.5. The van der Waals surface area contributed by atoms with E-state index in [4.69, 9.17) is 16.7 Å². The third-order valence-corrected chi connectivity index (χ3v) is 5.80. The molecule has 1 aromatic carbocycles. The van der Waals surface area contributed by atoms with Crippen LogP contribution in [-0.4, -0.2) is 50.1 Å². The molecular weight excluding hydrogens is 319 g/mol. The first-order valence-corrected chi connectivity index (χ1v) is 8.56. The van der Waals surface area contributed by atoms with Gasteiger partial charge in [0.2, 0.25) is 10.0 Å². The van der Waals surface area contributed by atoms with E-state index in [1.54, 1.807) is 0 Å². The summed E-state index contributed by atoms with van der Waals surface area (Å²) >= 11 is 5.85. The number of sulfonamides is 1. The van der Waals surface area contributed by atoms with Crippen LogP contribution in [0.4, 0.5) is 4.39 Å². The van der Waals surface area contributed by atoms with E-state index in [2.05, 4.69) is 5.32 Å². The number of aliphatic hydroxyl groups excluding tert-OH is 1. The Bertz CT molecular complexity index is 591. The second-order valence-electron chi connectivity index (χ2n) is 4.95. The van der Waals surface area contributed by atoms with E-state index in [9.17, 15) is 12.8 Å². The summed E-state index contributed by atoms with van der Waals surface area (Å²) in [7, 11) is -3.86. The minimum atomic E-state index is -3.86. The summed E-state index contributed by atoms with van der Waals surface area (Å²) in [5.41, 5.74) is 0. The molecule has 0 bridgehead atoms. The van der Waals surface area contributed by atoms with Crippen molar-refractivity contribution in [2.24, 2.45) is 0 Å². The average Bonchev–Trinajstić information content (AvgIpc) is 2.90. The van der Waals surface area contributed by atoms with E-state index in [0.29, 0.717) is 0 Å². The van der Waals surface area contributed by atoms with E-state index < -0.39 is 15.8 Å². The molecule has 1 aliphatic rings. The molecule has 1 saturated heterocycles. The molecule has 1 heterocycles. The van der Waals surface area contributed by atoms with E-state index in [1.165, 1.54) is 4.31 Å². The Hall–Kier alpha value is -0.730. The number of nitrogens with one attached hydrogen (secondary N) is 1. The van der Waals surface area contributed by atoms with Crippen LogP contribution >= 0.6 is 11.6 Å². The first-order chi connectivity index (χ1) is 9.95. The Kier molecular flexibility index (Phi) is 5.56. The minimum absolute atomic E-state index is 0.0196. The summed E-state index contributed by atoms with van der Waals surface area (Å²) in [6.45, 7) is 0.810. The smallest absolute Gasteiger partial charge is 0.244 e. The Balaban J connectivity index is 2.27. The van der Waals surface area contributed by atoms with Gasteiger partial charge in [-0.2, -0.15) is 4.31 Å². The van der Waals surface area contributed by atoms with Crippen molar-refractivity contribution in [2.45, 2.75) is 23.8 Å². The fourth-order valence-corrected chi connectivity index (χ4v) is 4.38. The molecule has 0 aliphatic carbocycles. The molecule has 2 rings (SSSR count). The van der Waals surface area contributed by atoms with Crippen LogP contribution in [0, 0.1) is 5.82 Å². The zero-order chi connectivity index (χ0) is 15.5. The van der Waals surface area contributed by atoms with Crippen molar-refractivity contribution in [3.05, 3.63) is 29.0 Å². The maximum Gasteiger partial charge on any atom is 0.244 e. The highest BCUT2D eigenvalue weighted by Gasteiger charge is 2.29. The molecule has 0 spiro atoms. The van der Waals surface area contributed by atoms with Crippen LogP contribution in [0.15, 0.2) is 23.1 Å². The highest BCUT2D eigenvalue weighted by molar-refractivity contribution is 7.89. The second-order valence-corrected chi connectivity index (χ2v) is 7.27. The summed E-state index contributed by atoms with van der Waals surface area (Å²) in [5, 5.41) is 12.2. The van der Waals surface area contributed by atoms with Gasteiger partial charge in [-0.15, -0.1) is 0 Å². The first-order valence-electron chi connectivity index (χ1n) is 6.74. The zero-order valence-electron chi connectivity index (χ0n) is 11.4. The van der Waals surface area contributed by atoms with Crippen LogP contribution in [0.1, 0.15) is 12.8 Å². The first kappa shape index (κ1) is 16.6. The van der Waals surface area contributed by atoms with Crippen molar-refractivity contribution < 1.29 is 17.9 Å². The molecule has 1 fully saturated rings. The predicted octanol–water partition coefficient (Wildman–Crippen LogP) is 1.21. The number of rotatable bonds is 6. The maximum absolute atomic E-state index is 13.1. The lowest BCUT2D eigenvalue weighted by atomic mass is 10.2. The van der Waals surface area contributed by atoms with Crippen LogP contribution in [0.3, 0.4) is 0 Å². The monoisotopic (exact) mass is 336 g/mol. The van der Waals surface area contributed by atoms with Crippen molar-refractivity contribution in [1.29, 1.82) is 0 Å². The van der Waals surface area contributed by atoms with Gasteiger partial charge in [-0.1, -0.05) is 11.6 Å². The molecule has 118 valence electrons. The number of hydrogen-bond acceptors (Lipinski definition) is 4. The number of nitrogens with zero attached hydrogens (tertiary/aromatic N) is 1. The zero-order valence-corrected chi connectivity index (χ0v) is 13.0. The molecule has 8 heteroatoms. The van der Waals surface area contributed by atoms with E-state index in [-0.39, 0.29) is 35.7 Å². The molecule has 5 nitrogen and oxygen atoms in total. The number of benzene rings is 1. The minimum Gasteiger partial charge on any atom is -0.395 e. The third kappa shape index (κ3) is 3.92. The van der Waals surface area contributed by atoms with Gasteiger partial charge in [0.05, 0.1) is 11.6 Å². The van der Waals surface area contributed by atoms with Crippen LogP contribution in [-0.2, 0) is 10.0 Å². The maximum atomic E-state index is 13.1. The summed E-state index contributed by atoms with van der Waals surface area (Å²) in [6.07, 6.45) is 1.88. The fraction of sp³-hybridized carbons (Fsp3) is 0.538. The SMILES string of the molecule is O=S(=O)(c1ccc(F)cc1Cl)N(CCO)CC1CCCN1. The Morgan fingerprint density at radius 3 is 2.81 bits per heavy atom. The van der Waals surface area contributed by atoms with Crippen molar-refractivity contribution in [2.75, 3.05) is 26.2 Å². The van der Waals surface area contributed by atoms with Gasteiger partial charge >= 0.3 is 0 Å². The Morgan fingerprint density at radius 1 is 1.48 bits per heavy atom. The molecular formula is C13H18ClFN2O3S. The summed E-state index contributed by atoms with van der Waals surface area (Å²) in [4.78, 5) is -0.142. The van der Waals surface area contributed by atoms with E-state index >= 15 is 0 Å². The van der Waals surface area contributed by atoms with Crippen LogP contribution in [0.2, 0.25) is 5.02 Å². The lowest BCUT2D eigenvalue weighted by Crippen LogP contribution is -2.42. The molecule has 1 aromatic rings. The highest BCUT2D eigenvalue weighted by atomic mass is 35.5. The number of halogens is 2. The van der Waals surface area contributed by atoms with Crippen molar-refractivity contribution in [1.82, 2.24) is 9.62 Å². The Morgan fingerprint density at radius 2 is 2.24 bits per heavy atom. The van der Waals surface area contributed by atoms with Gasteiger partial charge in [0.15, 0.2) is 0 Å². The molecule has 21 heavy (non-hydrogen) atoms. The van der Waals surface area contributed by atoms with Crippen LogP contribution < -0.4 is 5.32 Å². The van der Waals surface area contributed by atoms with E-state index in [1.807, 2.05) is 0 Å². The molecule has 0 radical (unpaired) electrons. The van der Waals surface area contributed by atoms with Gasteiger partial charge in [-0.3, -0.25) is 0 Å². The van der Waals surface area contributed by atoms with Crippen molar-refractivity contribution in [3.8, 4) is 0 Å². The normalized spacial score (nSPS) is 19.3. The standard InChI is InChI=1S/C13H18ClFN2O3S/c14-12-8-10(15)3-4-13(12)21(19,20)17(6-7-18)9-11-2-1-5-16-11/h3-4,8,11,16,18H,1-2,5-7,9H2. The number of aliphatic hydroxyl groups is 1.